The SMILES string of the molecule is BrC12C3C4C1C4(Br)C32. The van der Waals surface area contributed by atoms with Crippen LogP contribution in [-0.4, -0.2) is 8.65 Å². The number of hydrogen-bond donors (Lipinski definition) is 0. The lowest BCUT2D eigenvalue weighted by Crippen LogP contribution is -2.28. The molecule has 0 aromatic rings. The first-order chi connectivity index (χ1) is 3.73. The van der Waals surface area contributed by atoms with Crippen molar-refractivity contribution < 1.29 is 0 Å². The molecule has 0 saturated heterocycles. The standard InChI is InChI=1S/C6H4Br2/c7-5-1-2-4(5)6(2,8)3(1)5/h1-4H. The average Bonchev–Trinajstić information content (AvgIpc) is 2.18. The zero-order valence-corrected chi connectivity index (χ0v) is 7.24. The minimum Gasteiger partial charge on any atom is -0.0843 e. The fourth-order valence-corrected chi connectivity index (χ4v) is 7.57. The Morgan fingerprint density at radius 1 is 0.875 bits per heavy atom. The highest BCUT2D eigenvalue weighted by atomic mass is 79.9. The lowest BCUT2D eigenvalue weighted by Gasteiger charge is -2.23. The summed E-state index contributed by atoms with van der Waals surface area (Å²) in [6, 6.07) is 0. The molecule has 0 spiro atoms. The summed E-state index contributed by atoms with van der Waals surface area (Å²) in [4.78, 5) is 0. The number of alkyl halides is 2. The molecule has 2 unspecified atom stereocenters. The maximum absolute atomic E-state index is 3.78. The number of halogens is 2. The number of rotatable bonds is 0. The lowest BCUT2D eigenvalue weighted by atomic mass is 10.0. The topological polar surface area (TPSA) is 0 Å². The molecule has 0 aliphatic heterocycles. The van der Waals surface area contributed by atoms with Crippen LogP contribution >= 0.6 is 31.9 Å². The molecule has 5 rings (SSSR count). The van der Waals surface area contributed by atoms with Gasteiger partial charge in [-0.05, 0) is 23.7 Å². The summed E-state index contributed by atoms with van der Waals surface area (Å²) in [7, 11) is 0. The van der Waals surface area contributed by atoms with Crippen LogP contribution in [0.4, 0.5) is 0 Å². The van der Waals surface area contributed by atoms with Crippen molar-refractivity contribution in [3.63, 3.8) is 0 Å². The van der Waals surface area contributed by atoms with Crippen molar-refractivity contribution in [2.75, 3.05) is 0 Å². The van der Waals surface area contributed by atoms with E-state index >= 15 is 0 Å². The molecular weight excluding hydrogens is 232 g/mol. The largest absolute Gasteiger partial charge is 0.0843 e. The van der Waals surface area contributed by atoms with Gasteiger partial charge in [-0.25, -0.2) is 0 Å². The van der Waals surface area contributed by atoms with Gasteiger partial charge in [-0.3, -0.25) is 0 Å². The number of hydrogen-bond acceptors (Lipinski definition) is 0. The maximum atomic E-state index is 3.78. The van der Waals surface area contributed by atoms with Crippen LogP contribution in [0.1, 0.15) is 0 Å². The molecule has 0 bridgehead atoms. The van der Waals surface area contributed by atoms with Gasteiger partial charge < -0.3 is 0 Å². The molecule has 0 radical (unpaired) electrons. The fourth-order valence-electron chi connectivity index (χ4n) is 3.47. The Bertz CT molecular complexity index is 191. The van der Waals surface area contributed by atoms with Gasteiger partial charge in [0.25, 0.3) is 0 Å². The highest BCUT2D eigenvalue weighted by Crippen LogP contribution is 3.09. The molecule has 0 aromatic carbocycles. The quantitative estimate of drug-likeness (QED) is 0.562. The van der Waals surface area contributed by atoms with Crippen LogP contribution < -0.4 is 0 Å². The third-order valence-electron chi connectivity index (χ3n) is 3.82. The minimum atomic E-state index is 0.709. The van der Waals surface area contributed by atoms with Crippen molar-refractivity contribution in [1.82, 2.24) is 0 Å². The van der Waals surface area contributed by atoms with Crippen LogP contribution in [0.25, 0.3) is 0 Å². The molecule has 8 heavy (non-hydrogen) atoms. The van der Waals surface area contributed by atoms with E-state index in [1.54, 1.807) is 0 Å². The van der Waals surface area contributed by atoms with Crippen molar-refractivity contribution in [1.29, 1.82) is 0 Å². The van der Waals surface area contributed by atoms with E-state index in [-0.39, 0.29) is 0 Å². The Labute approximate surface area is 64.3 Å². The Hall–Kier alpha value is 0.960. The van der Waals surface area contributed by atoms with Gasteiger partial charge in [0, 0.05) is 8.65 Å². The van der Waals surface area contributed by atoms with Crippen LogP contribution in [0.2, 0.25) is 0 Å². The fraction of sp³-hybridized carbons (Fsp3) is 1.00. The lowest BCUT2D eigenvalue weighted by molar-refractivity contribution is 0.462. The molecule has 0 heterocycles. The highest BCUT2D eigenvalue weighted by Gasteiger charge is 3.12. The molecule has 2 atom stereocenters. The molecule has 0 N–H and O–H groups in total. The van der Waals surface area contributed by atoms with E-state index in [4.69, 9.17) is 0 Å². The van der Waals surface area contributed by atoms with Crippen LogP contribution in [0.15, 0.2) is 0 Å². The molecule has 5 fully saturated rings. The first-order valence-corrected chi connectivity index (χ1v) is 4.70. The summed E-state index contributed by atoms with van der Waals surface area (Å²) in [6.45, 7) is 0. The molecule has 0 nitrogen and oxygen atoms in total. The van der Waals surface area contributed by atoms with E-state index in [1.165, 1.54) is 0 Å². The third kappa shape index (κ3) is 0.122. The monoisotopic (exact) mass is 234 g/mol. The first-order valence-electron chi connectivity index (χ1n) is 3.11. The first kappa shape index (κ1) is 3.97. The Morgan fingerprint density at radius 3 is 1.38 bits per heavy atom. The van der Waals surface area contributed by atoms with Gasteiger partial charge >= 0.3 is 0 Å². The summed E-state index contributed by atoms with van der Waals surface area (Å²) in [5.74, 6) is 4.36. The second kappa shape index (κ2) is 0.619. The van der Waals surface area contributed by atoms with Crippen LogP contribution in [0, 0.1) is 23.7 Å². The molecule has 2 heteroatoms. The Morgan fingerprint density at radius 2 is 1.25 bits per heavy atom. The van der Waals surface area contributed by atoms with Gasteiger partial charge in [-0.15, -0.1) is 0 Å². The van der Waals surface area contributed by atoms with Gasteiger partial charge in [0.05, 0.1) is 0 Å². The van der Waals surface area contributed by atoms with Crippen molar-refractivity contribution in [2.45, 2.75) is 8.65 Å². The van der Waals surface area contributed by atoms with Gasteiger partial charge in [0.2, 0.25) is 0 Å². The van der Waals surface area contributed by atoms with Crippen LogP contribution in [-0.2, 0) is 0 Å². The molecule has 42 valence electrons. The van der Waals surface area contributed by atoms with Gasteiger partial charge in [-0.2, -0.15) is 0 Å². The second-order valence-corrected chi connectivity index (χ2v) is 6.41. The van der Waals surface area contributed by atoms with Gasteiger partial charge in [0.1, 0.15) is 0 Å². The molecule has 5 saturated carbocycles. The molecule has 0 aromatic heterocycles. The second-order valence-electron chi connectivity index (χ2n) is 3.66. The summed E-state index contributed by atoms with van der Waals surface area (Å²) in [6.07, 6.45) is 0. The smallest absolute Gasteiger partial charge is 0.0382 e. The van der Waals surface area contributed by atoms with E-state index in [0.717, 1.165) is 23.7 Å². The zero-order chi connectivity index (χ0) is 5.31. The molecule has 5 aliphatic rings. The Kier molecular flexibility index (Phi) is 0.307. The Balaban J connectivity index is 2.07. The predicted octanol–water partition coefficient (Wildman–Crippen LogP) is 1.77. The summed E-state index contributed by atoms with van der Waals surface area (Å²) < 4.78 is 1.42. The third-order valence-corrected chi connectivity index (χ3v) is 6.85. The van der Waals surface area contributed by atoms with Crippen molar-refractivity contribution >= 4 is 31.9 Å². The summed E-state index contributed by atoms with van der Waals surface area (Å²) in [5, 5.41) is 0. The van der Waals surface area contributed by atoms with Crippen LogP contribution in [0.3, 0.4) is 0 Å². The zero-order valence-electron chi connectivity index (χ0n) is 4.07. The minimum absolute atomic E-state index is 0.709. The molecular formula is C6H4Br2. The average molecular weight is 236 g/mol. The summed E-state index contributed by atoms with van der Waals surface area (Å²) in [5.41, 5.74) is 0. The van der Waals surface area contributed by atoms with E-state index < -0.39 is 0 Å². The van der Waals surface area contributed by atoms with E-state index in [9.17, 15) is 0 Å². The van der Waals surface area contributed by atoms with Crippen molar-refractivity contribution in [3.05, 3.63) is 0 Å². The van der Waals surface area contributed by atoms with Gasteiger partial charge in [-0.1, -0.05) is 31.9 Å². The molecule has 5 aliphatic carbocycles. The van der Waals surface area contributed by atoms with E-state index in [0.29, 0.717) is 8.65 Å². The summed E-state index contributed by atoms with van der Waals surface area (Å²) >= 11 is 7.56. The maximum Gasteiger partial charge on any atom is 0.0382 e. The molecule has 0 amide bonds. The van der Waals surface area contributed by atoms with E-state index in [2.05, 4.69) is 31.9 Å². The predicted molar refractivity (Wildman–Crippen MR) is 37.3 cm³/mol. The normalized spacial score (nSPS) is 103. The van der Waals surface area contributed by atoms with Crippen LogP contribution in [0.5, 0.6) is 0 Å². The van der Waals surface area contributed by atoms with Crippen molar-refractivity contribution in [3.8, 4) is 0 Å². The van der Waals surface area contributed by atoms with Gasteiger partial charge in [0.15, 0.2) is 0 Å². The van der Waals surface area contributed by atoms with Crippen molar-refractivity contribution in [2.24, 2.45) is 23.7 Å². The van der Waals surface area contributed by atoms with E-state index in [1.807, 2.05) is 0 Å². The highest BCUT2D eigenvalue weighted by molar-refractivity contribution is 9.11.